The van der Waals surface area contributed by atoms with Crippen LogP contribution in [-0.2, 0) is 19.6 Å². The van der Waals surface area contributed by atoms with Gasteiger partial charge in [0.05, 0.1) is 0 Å². The van der Waals surface area contributed by atoms with Gasteiger partial charge in [-0.15, -0.1) is 0 Å². The number of ether oxygens (including phenoxy) is 1. The summed E-state index contributed by atoms with van der Waals surface area (Å²) in [5, 5.41) is 9.05. The molecule has 6 nitrogen and oxygen atoms in total. The highest BCUT2D eigenvalue weighted by Gasteiger charge is 2.27. The fourth-order valence-electron chi connectivity index (χ4n) is 1.73. The average molecular weight is 319 g/mol. The van der Waals surface area contributed by atoms with Gasteiger partial charge < -0.3 is 9.84 Å². The Balaban J connectivity index is 2.95. The Morgan fingerprint density at radius 1 is 1.48 bits per heavy atom. The summed E-state index contributed by atoms with van der Waals surface area (Å²) in [5.74, 6) is -2.24. The van der Waals surface area contributed by atoms with Crippen molar-refractivity contribution in [3.63, 3.8) is 0 Å². The molecule has 0 fully saturated rings. The highest BCUT2D eigenvalue weighted by molar-refractivity contribution is 7.89. The molecule has 0 bridgehead atoms. The molecule has 0 saturated carbocycles. The molecule has 1 atom stereocenters. The van der Waals surface area contributed by atoms with E-state index in [1.807, 2.05) is 4.72 Å². The molecule has 21 heavy (non-hydrogen) atoms. The van der Waals surface area contributed by atoms with Gasteiger partial charge in [-0.05, 0) is 37.5 Å². The van der Waals surface area contributed by atoms with E-state index in [0.717, 1.165) is 12.1 Å². The highest BCUT2D eigenvalue weighted by Crippen LogP contribution is 2.17. The van der Waals surface area contributed by atoms with Gasteiger partial charge in [0.25, 0.3) is 0 Å². The summed E-state index contributed by atoms with van der Waals surface area (Å²) in [7, 11) is -2.78. The maximum Gasteiger partial charge on any atom is 0.321 e. The van der Waals surface area contributed by atoms with Crippen molar-refractivity contribution in [3.8, 4) is 0 Å². The molecule has 0 aliphatic rings. The fourth-order valence-corrected chi connectivity index (χ4v) is 3.12. The number of hydrogen-bond acceptors (Lipinski definition) is 4. The minimum absolute atomic E-state index is 0.0514. The van der Waals surface area contributed by atoms with Crippen molar-refractivity contribution >= 4 is 16.0 Å². The van der Waals surface area contributed by atoms with Crippen molar-refractivity contribution in [1.29, 1.82) is 0 Å². The van der Waals surface area contributed by atoms with Crippen molar-refractivity contribution in [3.05, 3.63) is 29.6 Å². The zero-order valence-electron chi connectivity index (χ0n) is 11.8. The molecule has 118 valence electrons. The van der Waals surface area contributed by atoms with Crippen molar-refractivity contribution in [2.75, 3.05) is 13.7 Å². The van der Waals surface area contributed by atoms with Crippen LogP contribution in [0.15, 0.2) is 23.1 Å². The summed E-state index contributed by atoms with van der Waals surface area (Å²) < 4.78 is 44.7. The standard InChI is InChI=1S/C13H18FNO5S/c1-9-5-6-10(14)12(8-9)21(18,19)15-11(13(16)17)4-3-7-20-2/h5-6,8,11,15H,3-4,7H2,1-2H3,(H,16,17). The Labute approximate surface area is 123 Å². The van der Waals surface area contributed by atoms with Gasteiger partial charge >= 0.3 is 5.97 Å². The molecule has 0 heterocycles. The third-order valence-corrected chi connectivity index (χ3v) is 4.30. The molecule has 0 aliphatic carbocycles. The Kier molecular flexibility index (Phi) is 6.25. The van der Waals surface area contributed by atoms with Crippen LogP contribution in [0.4, 0.5) is 4.39 Å². The first-order chi connectivity index (χ1) is 9.77. The number of carbonyl (C=O) groups is 1. The molecule has 0 saturated heterocycles. The van der Waals surface area contributed by atoms with E-state index in [1.54, 1.807) is 6.92 Å². The molecule has 1 unspecified atom stereocenters. The average Bonchev–Trinajstić information content (AvgIpc) is 2.40. The van der Waals surface area contributed by atoms with E-state index in [-0.39, 0.29) is 6.42 Å². The second-order valence-corrected chi connectivity index (χ2v) is 6.26. The van der Waals surface area contributed by atoms with Crippen LogP contribution in [0.1, 0.15) is 18.4 Å². The van der Waals surface area contributed by atoms with Crippen molar-refractivity contribution in [2.45, 2.75) is 30.7 Å². The first-order valence-corrected chi connectivity index (χ1v) is 7.76. The number of benzene rings is 1. The lowest BCUT2D eigenvalue weighted by molar-refractivity contribution is -0.139. The largest absolute Gasteiger partial charge is 0.480 e. The summed E-state index contributed by atoms with van der Waals surface area (Å²) in [6, 6.07) is 2.29. The Bertz CT molecular complexity index is 603. The zero-order chi connectivity index (χ0) is 16.0. The minimum Gasteiger partial charge on any atom is -0.480 e. The summed E-state index contributed by atoms with van der Waals surface area (Å²) in [6.07, 6.45) is 0.419. The van der Waals surface area contributed by atoms with Crippen molar-refractivity contribution < 1.29 is 27.4 Å². The summed E-state index contributed by atoms with van der Waals surface area (Å²) >= 11 is 0. The fraction of sp³-hybridized carbons (Fsp3) is 0.462. The molecular weight excluding hydrogens is 301 g/mol. The zero-order valence-corrected chi connectivity index (χ0v) is 12.6. The molecule has 8 heteroatoms. The second-order valence-electron chi connectivity index (χ2n) is 4.58. The first kappa shape index (κ1) is 17.5. The monoisotopic (exact) mass is 319 g/mol. The van der Waals surface area contributed by atoms with Gasteiger partial charge in [-0.25, -0.2) is 12.8 Å². The number of aryl methyl sites for hydroxylation is 1. The molecule has 0 spiro atoms. The number of aliphatic carboxylic acids is 1. The second kappa shape index (κ2) is 7.48. The van der Waals surface area contributed by atoms with Crippen LogP contribution in [0.3, 0.4) is 0 Å². The number of nitrogens with one attached hydrogen (secondary N) is 1. The number of carboxylic acid groups (broad SMARTS) is 1. The quantitative estimate of drug-likeness (QED) is 0.704. The van der Waals surface area contributed by atoms with Gasteiger partial charge in [0, 0.05) is 13.7 Å². The molecule has 1 aromatic carbocycles. The SMILES string of the molecule is COCCCC(NS(=O)(=O)c1cc(C)ccc1F)C(=O)O. The minimum atomic E-state index is -4.24. The molecule has 1 rings (SSSR count). The molecule has 0 amide bonds. The Morgan fingerprint density at radius 3 is 2.71 bits per heavy atom. The topological polar surface area (TPSA) is 92.7 Å². The van der Waals surface area contributed by atoms with Crippen molar-refractivity contribution in [1.82, 2.24) is 4.72 Å². The molecule has 0 aromatic heterocycles. The number of carboxylic acids is 1. The van der Waals surface area contributed by atoms with Gasteiger partial charge in [-0.3, -0.25) is 4.79 Å². The van der Waals surface area contributed by atoms with E-state index < -0.39 is 32.7 Å². The molecule has 1 aromatic rings. The lowest BCUT2D eigenvalue weighted by atomic mass is 10.2. The van der Waals surface area contributed by atoms with Gasteiger partial charge in [0.15, 0.2) is 0 Å². The summed E-state index contributed by atoms with van der Waals surface area (Å²) in [5.41, 5.74) is 0.558. The van der Waals surface area contributed by atoms with E-state index in [4.69, 9.17) is 9.84 Å². The number of methoxy groups -OCH3 is 1. The predicted molar refractivity (Wildman–Crippen MR) is 74.0 cm³/mol. The van der Waals surface area contributed by atoms with Crippen LogP contribution >= 0.6 is 0 Å². The number of halogens is 1. The lowest BCUT2D eigenvalue weighted by Gasteiger charge is -2.15. The number of sulfonamides is 1. The Morgan fingerprint density at radius 2 is 2.14 bits per heavy atom. The van der Waals surface area contributed by atoms with Gasteiger partial charge in [0.1, 0.15) is 16.8 Å². The Hall–Kier alpha value is -1.51. The van der Waals surface area contributed by atoms with Crippen LogP contribution in [0, 0.1) is 12.7 Å². The predicted octanol–water partition coefficient (Wildman–Crippen LogP) is 1.29. The van der Waals surface area contributed by atoms with Crippen LogP contribution < -0.4 is 4.72 Å². The van der Waals surface area contributed by atoms with Gasteiger partial charge in [0.2, 0.25) is 10.0 Å². The maximum atomic E-state index is 13.6. The van der Waals surface area contributed by atoms with Crippen molar-refractivity contribution in [2.24, 2.45) is 0 Å². The van der Waals surface area contributed by atoms with Gasteiger partial charge in [-0.1, -0.05) is 6.07 Å². The highest BCUT2D eigenvalue weighted by atomic mass is 32.2. The van der Waals surface area contributed by atoms with E-state index in [2.05, 4.69) is 0 Å². The van der Waals surface area contributed by atoms with Crippen LogP contribution in [-0.4, -0.2) is 39.3 Å². The molecule has 0 aliphatic heterocycles. The third kappa shape index (κ3) is 5.07. The van der Waals surface area contributed by atoms with E-state index in [0.29, 0.717) is 18.6 Å². The summed E-state index contributed by atoms with van der Waals surface area (Å²) in [6.45, 7) is 1.93. The van der Waals surface area contributed by atoms with Gasteiger partial charge in [-0.2, -0.15) is 4.72 Å². The van der Waals surface area contributed by atoms with Crippen LogP contribution in [0.2, 0.25) is 0 Å². The van der Waals surface area contributed by atoms with E-state index in [9.17, 15) is 17.6 Å². The van der Waals surface area contributed by atoms with E-state index >= 15 is 0 Å². The van der Waals surface area contributed by atoms with E-state index in [1.165, 1.54) is 13.2 Å². The van der Waals surface area contributed by atoms with Crippen LogP contribution in [0.25, 0.3) is 0 Å². The lowest BCUT2D eigenvalue weighted by Crippen LogP contribution is -2.41. The summed E-state index contributed by atoms with van der Waals surface area (Å²) in [4.78, 5) is 10.5. The maximum absolute atomic E-state index is 13.6. The van der Waals surface area contributed by atoms with Crippen LogP contribution in [0.5, 0.6) is 0 Å². The number of hydrogen-bond donors (Lipinski definition) is 2. The molecule has 0 radical (unpaired) electrons. The molecule has 2 N–H and O–H groups in total. The number of rotatable bonds is 8. The third-order valence-electron chi connectivity index (χ3n) is 2.81. The normalized spacial score (nSPS) is 13.1. The first-order valence-electron chi connectivity index (χ1n) is 6.28. The smallest absolute Gasteiger partial charge is 0.321 e. The molecular formula is C13H18FNO5S.